The first-order valence-electron chi connectivity index (χ1n) is 12.3. The van der Waals surface area contributed by atoms with Gasteiger partial charge in [0.2, 0.25) is 0 Å². The van der Waals surface area contributed by atoms with Crippen molar-refractivity contribution in [1.82, 2.24) is 5.32 Å². The van der Waals surface area contributed by atoms with E-state index in [0.717, 1.165) is 5.56 Å². The fourth-order valence-electron chi connectivity index (χ4n) is 3.42. The molecule has 0 aliphatic rings. The van der Waals surface area contributed by atoms with Crippen molar-refractivity contribution in [2.75, 3.05) is 13.2 Å². The summed E-state index contributed by atoms with van der Waals surface area (Å²) >= 11 is 0. The molecule has 2 atom stereocenters. The molecule has 0 aromatic heterocycles. The van der Waals surface area contributed by atoms with Crippen LogP contribution >= 0.6 is 0 Å². The van der Waals surface area contributed by atoms with E-state index in [1.807, 2.05) is 6.92 Å². The molecule has 3 N–H and O–H groups in total. The summed E-state index contributed by atoms with van der Waals surface area (Å²) in [5.41, 5.74) is 0.727. The number of amides is 1. The number of hydrogen-bond donors (Lipinski definition) is 3. The molecule has 11 nitrogen and oxygen atoms in total. The number of carboxylic acid groups (broad SMARTS) is 2. The van der Waals surface area contributed by atoms with Crippen LogP contribution in [-0.4, -0.2) is 61.5 Å². The van der Waals surface area contributed by atoms with Gasteiger partial charge in [-0.25, -0.2) is 9.59 Å². The number of benzene rings is 2. The predicted octanol–water partition coefficient (Wildman–Crippen LogP) is 3.78. The van der Waals surface area contributed by atoms with Gasteiger partial charge in [0.1, 0.15) is 17.4 Å². The molecule has 0 unspecified atom stereocenters. The molecule has 1 amide bonds. The van der Waals surface area contributed by atoms with Crippen LogP contribution in [0.1, 0.15) is 44.7 Å². The molecule has 0 saturated heterocycles. The molecule has 0 aliphatic heterocycles. The Hall–Kier alpha value is -3.64. The van der Waals surface area contributed by atoms with Crippen LogP contribution in [-0.2, 0) is 35.0 Å². The molecule has 2 rings (SSSR count). The number of rotatable bonds is 14. The lowest BCUT2D eigenvalue weighted by Crippen LogP contribution is -2.45. The smallest absolute Gasteiger partial charge is 0.408 e. The van der Waals surface area contributed by atoms with Crippen LogP contribution in [0.5, 0.6) is 5.75 Å². The van der Waals surface area contributed by atoms with Crippen LogP contribution < -0.4 is 10.1 Å². The Bertz CT molecular complexity index is 1220. The Morgan fingerprint density at radius 1 is 0.923 bits per heavy atom. The highest BCUT2D eigenvalue weighted by Crippen LogP contribution is 2.20. The van der Waals surface area contributed by atoms with E-state index in [-0.39, 0.29) is 31.0 Å². The van der Waals surface area contributed by atoms with Gasteiger partial charge in [-0.15, -0.1) is 0 Å². The van der Waals surface area contributed by atoms with E-state index in [1.165, 1.54) is 12.1 Å². The topological polar surface area (TPSA) is 166 Å². The fraction of sp³-hybridized carbons (Fsp3) is 0.444. The van der Waals surface area contributed by atoms with Crippen molar-refractivity contribution >= 4 is 28.1 Å². The van der Waals surface area contributed by atoms with Crippen LogP contribution in [0.25, 0.3) is 0 Å². The Morgan fingerprint density at radius 2 is 1.54 bits per heavy atom. The molecule has 0 saturated carbocycles. The molecule has 0 aliphatic carbocycles. The van der Waals surface area contributed by atoms with E-state index >= 15 is 0 Å². The van der Waals surface area contributed by atoms with Crippen molar-refractivity contribution in [3.05, 3.63) is 59.7 Å². The number of aryl methyl sites for hydroxylation is 1. The maximum Gasteiger partial charge on any atom is 0.408 e. The molecule has 0 radical (unpaired) electrons. The lowest BCUT2D eigenvalue weighted by molar-refractivity contribution is -0.144. The maximum absolute atomic E-state index is 12.2. The second kappa shape index (κ2) is 13.9. The van der Waals surface area contributed by atoms with Gasteiger partial charge in [-0.3, -0.25) is 8.98 Å². The number of carbonyl (C=O) groups excluding carboxylic acids is 1. The highest BCUT2D eigenvalue weighted by atomic mass is 32.2. The van der Waals surface area contributed by atoms with Crippen LogP contribution in [0.3, 0.4) is 0 Å². The molecule has 0 spiro atoms. The van der Waals surface area contributed by atoms with Gasteiger partial charge in [-0.2, -0.15) is 8.42 Å². The molecule has 2 aromatic carbocycles. The molecular weight excluding hydrogens is 530 g/mol. The number of alkyl carbamates (subject to hydrolysis) is 1. The van der Waals surface area contributed by atoms with E-state index in [0.29, 0.717) is 17.7 Å². The van der Waals surface area contributed by atoms with Crippen LogP contribution in [0.4, 0.5) is 4.79 Å². The zero-order chi connectivity index (χ0) is 29.2. The zero-order valence-electron chi connectivity index (χ0n) is 22.4. The van der Waals surface area contributed by atoms with Gasteiger partial charge in [-0.05, 0) is 70.4 Å². The maximum atomic E-state index is 12.2. The van der Waals surface area contributed by atoms with Gasteiger partial charge in [0.25, 0.3) is 10.1 Å². The van der Waals surface area contributed by atoms with E-state index in [4.69, 9.17) is 13.7 Å². The van der Waals surface area contributed by atoms with Crippen molar-refractivity contribution in [2.24, 2.45) is 5.92 Å². The Kier molecular flexibility index (Phi) is 11.3. The normalized spacial score (nSPS) is 13.2. The van der Waals surface area contributed by atoms with E-state index in [2.05, 4.69) is 5.32 Å². The number of nitrogens with one attached hydrogen (secondary N) is 1. The van der Waals surface area contributed by atoms with Crippen molar-refractivity contribution in [3.63, 3.8) is 0 Å². The molecule has 214 valence electrons. The highest BCUT2D eigenvalue weighted by molar-refractivity contribution is 7.86. The number of hydrogen-bond acceptors (Lipinski definition) is 8. The Labute approximate surface area is 228 Å². The first-order valence-corrected chi connectivity index (χ1v) is 13.7. The van der Waals surface area contributed by atoms with Crippen LogP contribution in [0, 0.1) is 12.8 Å². The first kappa shape index (κ1) is 31.6. The van der Waals surface area contributed by atoms with Crippen LogP contribution in [0.2, 0.25) is 0 Å². The first-order chi connectivity index (χ1) is 18.2. The van der Waals surface area contributed by atoms with E-state index < -0.39 is 45.7 Å². The minimum Gasteiger partial charge on any atom is -0.494 e. The van der Waals surface area contributed by atoms with Gasteiger partial charge in [0.15, 0.2) is 0 Å². The van der Waals surface area contributed by atoms with Gasteiger partial charge in [0.05, 0.1) is 24.0 Å². The average Bonchev–Trinajstić information content (AvgIpc) is 2.82. The predicted molar refractivity (Wildman–Crippen MR) is 141 cm³/mol. The number of carbonyl (C=O) groups is 3. The summed E-state index contributed by atoms with van der Waals surface area (Å²) in [6.07, 6.45) is -0.943. The number of aliphatic carboxylic acids is 2. The molecule has 2 aromatic rings. The van der Waals surface area contributed by atoms with Crippen molar-refractivity contribution in [3.8, 4) is 5.75 Å². The molecule has 0 fully saturated rings. The van der Waals surface area contributed by atoms with Gasteiger partial charge < -0.3 is 25.0 Å². The van der Waals surface area contributed by atoms with E-state index in [1.54, 1.807) is 57.2 Å². The monoisotopic (exact) mass is 565 g/mol. The van der Waals surface area contributed by atoms with Gasteiger partial charge in [0, 0.05) is 6.42 Å². The summed E-state index contributed by atoms with van der Waals surface area (Å²) in [6.45, 7) is 6.86. The summed E-state index contributed by atoms with van der Waals surface area (Å²) in [7, 11) is -3.85. The largest absolute Gasteiger partial charge is 0.494 e. The molecule has 0 heterocycles. The summed E-state index contributed by atoms with van der Waals surface area (Å²) < 4.78 is 40.1. The molecule has 0 bridgehead atoms. The molecule has 39 heavy (non-hydrogen) atoms. The van der Waals surface area contributed by atoms with Crippen molar-refractivity contribution in [2.45, 2.75) is 63.5 Å². The summed E-state index contributed by atoms with van der Waals surface area (Å²) in [4.78, 5) is 35.5. The quantitative estimate of drug-likeness (QED) is 0.227. The van der Waals surface area contributed by atoms with Crippen molar-refractivity contribution < 1.29 is 46.7 Å². The zero-order valence-corrected chi connectivity index (χ0v) is 23.2. The number of ether oxygens (including phenoxy) is 2. The van der Waals surface area contributed by atoms with Gasteiger partial charge >= 0.3 is 18.0 Å². The summed E-state index contributed by atoms with van der Waals surface area (Å²) in [5, 5.41) is 21.3. The standard InChI is InChI=1S/C27H35NO10S/c1-18-6-12-22(13-7-18)39(34,35)37-15-5-14-36-21-10-8-19(9-11-21)16-20(24(29)30)17-23(25(31)32)28-26(33)38-27(2,3)4/h6-13,20,23H,5,14-17H2,1-4H3,(H,28,33)(H,29,30)(H,31,32)/t20-,23-/m0/s1. The van der Waals surface area contributed by atoms with Crippen molar-refractivity contribution in [1.29, 1.82) is 0 Å². The summed E-state index contributed by atoms with van der Waals surface area (Å²) in [5.74, 6) is -3.16. The second-order valence-electron chi connectivity index (χ2n) is 9.95. The van der Waals surface area contributed by atoms with Gasteiger partial charge in [-0.1, -0.05) is 29.8 Å². The Morgan fingerprint density at radius 3 is 2.08 bits per heavy atom. The van der Waals surface area contributed by atoms with Crippen LogP contribution in [0.15, 0.2) is 53.4 Å². The third-order valence-electron chi connectivity index (χ3n) is 5.37. The fourth-order valence-corrected chi connectivity index (χ4v) is 4.37. The third kappa shape index (κ3) is 11.3. The SMILES string of the molecule is Cc1ccc(S(=O)(=O)OCCCOc2ccc(C[C@@H](C[C@H](NC(=O)OC(C)(C)C)C(=O)O)C(=O)O)cc2)cc1. The molecular formula is C27H35NO10S. The Balaban J connectivity index is 1.85. The minimum absolute atomic E-state index is 0.0279. The summed E-state index contributed by atoms with van der Waals surface area (Å²) in [6, 6.07) is 11.5. The third-order valence-corrected chi connectivity index (χ3v) is 6.70. The number of carboxylic acids is 2. The average molecular weight is 566 g/mol. The lowest BCUT2D eigenvalue weighted by atomic mass is 9.92. The second-order valence-corrected chi connectivity index (χ2v) is 11.6. The molecule has 12 heteroatoms. The minimum atomic E-state index is -3.85. The lowest BCUT2D eigenvalue weighted by Gasteiger charge is -2.23. The van der Waals surface area contributed by atoms with E-state index in [9.17, 15) is 33.0 Å². The highest BCUT2D eigenvalue weighted by Gasteiger charge is 2.30.